The van der Waals surface area contributed by atoms with E-state index in [1.165, 1.54) is 24.7 Å². The Balaban J connectivity index is 1.94. The quantitative estimate of drug-likeness (QED) is 0.622. The van der Waals surface area contributed by atoms with Gasteiger partial charge in [-0.05, 0) is 41.9 Å². The van der Waals surface area contributed by atoms with Crippen molar-refractivity contribution in [2.24, 2.45) is 0 Å². The van der Waals surface area contributed by atoms with Crippen molar-refractivity contribution < 1.29 is 18.0 Å². The Morgan fingerprint density at radius 1 is 1.31 bits per heavy atom. The molecule has 0 radical (unpaired) electrons. The van der Waals surface area contributed by atoms with E-state index in [0.29, 0.717) is 5.69 Å². The van der Waals surface area contributed by atoms with E-state index in [2.05, 4.69) is 31.4 Å². The zero-order chi connectivity index (χ0) is 21.3. The van der Waals surface area contributed by atoms with E-state index in [0.717, 1.165) is 4.68 Å². The molecule has 1 aromatic carbocycles. The summed E-state index contributed by atoms with van der Waals surface area (Å²) in [5, 5.41) is 19.6. The number of nitrogens with one attached hydrogen (secondary N) is 1. The van der Waals surface area contributed by atoms with Gasteiger partial charge in [-0.15, -0.1) is 0 Å². The monoisotopic (exact) mass is 466 g/mol. The van der Waals surface area contributed by atoms with E-state index in [-0.39, 0.29) is 21.5 Å². The molecule has 0 saturated carbocycles. The fraction of sp³-hybridized carbons (Fsp3) is 0.222. The molecule has 1 N–H and O–H groups in total. The maximum Gasteiger partial charge on any atom is 0.436 e. The minimum absolute atomic E-state index is 0.115. The van der Waals surface area contributed by atoms with Gasteiger partial charge >= 0.3 is 6.18 Å². The zero-order valence-electron chi connectivity index (χ0n) is 15.2. The van der Waals surface area contributed by atoms with Gasteiger partial charge in [0, 0.05) is 0 Å². The summed E-state index contributed by atoms with van der Waals surface area (Å²) in [5.74, 6) is -0.526. The third kappa shape index (κ3) is 3.88. The summed E-state index contributed by atoms with van der Waals surface area (Å²) in [6.45, 7) is 2.84. The summed E-state index contributed by atoms with van der Waals surface area (Å²) >= 11 is 2.89. The van der Waals surface area contributed by atoms with Crippen molar-refractivity contribution in [1.29, 1.82) is 5.26 Å². The van der Waals surface area contributed by atoms with Crippen LogP contribution in [0.15, 0.2) is 41.0 Å². The Morgan fingerprint density at radius 3 is 2.52 bits per heavy atom. The van der Waals surface area contributed by atoms with E-state index in [1.54, 1.807) is 30.3 Å². The maximum atomic E-state index is 13.1. The molecule has 3 aromatic rings. The van der Waals surface area contributed by atoms with Crippen LogP contribution < -0.4 is 5.32 Å². The molecular formula is C18H14BrF3N6O. The number of carbonyl (C=O) groups excluding carboxylic acids is 1. The number of aromatic nitrogens is 4. The Kier molecular flexibility index (Phi) is 5.48. The number of hydrogen-bond donors (Lipinski definition) is 1. The second-order valence-electron chi connectivity index (χ2n) is 6.12. The smallest absolute Gasteiger partial charge is 0.308 e. The average Bonchev–Trinajstić information content (AvgIpc) is 3.22. The van der Waals surface area contributed by atoms with Gasteiger partial charge in [0.2, 0.25) is 5.91 Å². The molecule has 2 aromatic heterocycles. The van der Waals surface area contributed by atoms with E-state index >= 15 is 0 Å². The summed E-state index contributed by atoms with van der Waals surface area (Å²) in [6.07, 6.45) is -3.37. The van der Waals surface area contributed by atoms with Crippen LogP contribution in [0.3, 0.4) is 0 Å². The van der Waals surface area contributed by atoms with Gasteiger partial charge in [0.15, 0.2) is 11.5 Å². The van der Waals surface area contributed by atoms with Crippen molar-refractivity contribution in [3.05, 3.63) is 58.0 Å². The van der Waals surface area contributed by atoms with Crippen molar-refractivity contribution in [3.8, 4) is 11.8 Å². The number of rotatable bonds is 4. The number of hydrogen-bond acceptors (Lipinski definition) is 4. The molecule has 0 spiro atoms. The number of carbonyl (C=O) groups is 1. The first-order chi connectivity index (χ1) is 13.6. The van der Waals surface area contributed by atoms with Crippen molar-refractivity contribution in [2.45, 2.75) is 26.1 Å². The second kappa shape index (κ2) is 7.71. The fourth-order valence-corrected chi connectivity index (χ4v) is 3.19. The highest BCUT2D eigenvalue weighted by Gasteiger charge is 2.39. The van der Waals surface area contributed by atoms with Crippen LogP contribution in [-0.2, 0) is 11.0 Å². The number of nitriles is 1. The molecule has 0 bridgehead atoms. The molecule has 150 valence electrons. The van der Waals surface area contributed by atoms with E-state index in [1.807, 2.05) is 6.07 Å². The molecule has 3 rings (SSSR count). The molecular weight excluding hydrogens is 453 g/mol. The van der Waals surface area contributed by atoms with Gasteiger partial charge in [0.05, 0.1) is 22.1 Å². The summed E-state index contributed by atoms with van der Waals surface area (Å²) in [7, 11) is 0. The van der Waals surface area contributed by atoms with Crippen LogP contribution in [0.25, 0.3) is 5.69 Å². The Morgan fingerprint density at radius 2 is 1.97 bits per heavy atom. The first-order valence-corrected chi connectivity index (χ1v) is 9.10. The molecule has 0 saturated heterocycles. The highest BCUT2D eigenvalue weighted by atomic mass is 79.9. The third-order valence-electron chi connectivity index (χ3n) is 4.22. The Hall–Kier alpha value is -3.13. The predicted molar refractivity (Wildman–Crippen MR) is 101 cm³/mol. The summed E-state index contributed by atoms with van der Waals surface area (Å²) in [6, 6.07) is 9.66. The molecule has 1 unspecified atom stereocenters. The summed E-state index contributed by atoms with van der Waals surface area (Å²) in [4.78, 5) is 12.8. The van der Waals surface area contributed by atoms with Gasteiger partial charge in [-0.3, -0.25) is 9.48 Å². The van der Waals surface area contributed by atoms with E-state index < -0.39 is 23.8 Å². The number of nitrogens with zero attached hydrogens (tertiary/aromatic N) is 5. The standard InChI is InChI=1S/C18H14BrF3N6O/c1-10-14(19)15(18(20,21)22)26-27(10)11(2)17(29)25-16-12(8-23)9-24-28(16)13-6-4-3-5-7-13/h3-7,9,11H,1-2H3,(H,25,29). The number of amides is 1. The molecule has 0 aliphatic carbocycles. The maximum absolute atomic E-state index is 13.1. The van der Waals surface area contributed by atoms with Crippen molar-refractivity contribution in [2.75, 3.05) is 5.32 Å². The third-order valence-corrected chi connectivity index (χ3v) is 5.17. The largest absolute Gasteiger partial charge is 0.436 e. The summed E-state index contributed by atoms with van der Waals surface area (Å²) < 4.78 is 41.4. The lowest BCUT2D eigenvalue weighted by Gasteiger charge is -2.16. The summed E-state index contributed by atoms with van der Waals surface area (Å²) in [5.41, 5.74) is -0.239. The van der Waals surface area contributed by atoms with Crippen LogP contribution in [0.5, 0.6) is 0 Å². The van der Waals surface area contributed by atoms with Crippen molar-refractivity contribution >= 4 is 27.7 Å². The van der Waals surface area contributed by atoms with Crippen LogP contribution in [0.2, 0.25) is 0 Å². The minimum atomic E-state index is -4.66. The van der Waals surface area contributed by atoms with Gasteiger partial charge in [-0.25, -0.2) is 4.68 Å². The molecule has 2 heterocycles. The SMILES string of the molecule is Cc1c(Br)c(C(F)(F)F)nn1C(C)C(=O)Nc1c(C#N)cnn1-c1ccccc1. The molecule has 0 aliphatic rings. The number of para-hydroxylation sites is 1. The van der Waals surface area contributed by atoms with Gasteiger partial charge < -0.3 is 5.32 Å². The van der Waals surface area contributed by atoms with Gasteiger partial charge in [-0.1, -0.05) is 18.2 Å². The first-order valence-electron chi connectivity index (χ1n) is 8.31. The molecule has 1 atom stereocenters. The van der Waals surface area contributed by atoms with Gasteiger partial charge in [0.1, 0.15) is 17.7 Å². The van der Waals surface area contributed by atoms with Crippen LogP contribution in [-0.4, -0.2) is 25.5 Å². The molecule has 7 nitrogen and oxygen atoms in total. The Bertz CT molecular complexity index is 1100. The second-order valence-corrected chi connectivity index (χ2v) is 6.91. The number of benzene rings is 1. The predicted octanol–water partition coefficient (Wildman–Crippen LogP) is 4.23. The number of alkyl halides is 3. The van der Waals surface area contributed by atoms with Crippen LogP contribution in [0, 0.1) is 18.3 Å². The van der Waals surface area contributed by atoms with Crippen LogP contribution in [0.4, 0.5) is 19.0 Å². The van der Waals surface area contributed by atoms with Crippen molar-refractivity contribution in [1.82, 2.24) is 19.6 Å². The van der Waals surface area contributed by atoms with E-state index in [9.17, 15) is 23.2 Å². The van der Waals surface area contributed by atoms with Crippen molar-refractivity contribution in [3.63, 3.8) is 0 Å². The first kappa shape index (κ1) is 20.6. The molecule has 11 heteroatoms. The normalized spacial score (nSPS) is 12.4. The lowest BCUT2D eigenvalue weighted by molar-refractivity contribution is -0.142. The molecule has 29 heavy (non-hydrogen) atoms. The van der Waals surface area contributed by atoms with Gasteiger partial charge in [-0.2, -0.15) is 28.6 Å². The van der Waals surface area contributed by atoms with Gasteiger partial charge in [0.25, 0.3) is 0 Å². The number of anilines is 1. The molecule has 0 fully saturated rings. The van der Waals surface area contributed by atoms with E-state index in [4.69, 9.17) is 0 Å². The zero-order valence-corrected chi connectivity index (χ0v) is 16.8. The molecule has 1 amide bonds. The van der Waals surface area contributed by atoms with Crippen LogP contribution in [0.1, 0.15) is 29.9 Å². The number of halogens is 4. The van der Waals surface area contributed by atoms with Crippen LogP contribution >= 0.6 is 15.9 Å². The Labute approximate surface area is 171 Å². The lowest BCUT2D eigenvalue weighted by Crippen LogP contribution is -2.27. The fourth-order valence-electron chi connectivity index (χ4n) is 2.70. The lowest BCUT2D eigenvalue weighted by atomic mass is 10.2. The topological polar surface area (TPSA) is 88.5 Å². The highest BCUT2D eigenvalue weighted by molar-refractivity contribution is 9.10. The average molecular weight is 467 g/mol. The highest BCUT2D eigenvalue weighted by Crippen LogP contribution is 2.36. The minimum Gasteiger partial charge on any atom is -0.308 e. The molecule has 0 aliphatic heterocycles.